The summed E-state index contributed by atoms with van der Waals surface area (Å²) in [6.07, 6.45) is 0.605. The lowest BCUT2D eigenvalue weighted by Gasteiger charge is -2.30. The van der Waals surface area contributed by atoms with Crippen molar-refractivity contribution in [3.8, 4) is 0 Å². The molecule has 1 aromatic carbocycles. The van der Waals surface area contributed by atoms with Crippen molar-refractivity contribution >= 4 is 5.82 Å². The highest BCUT2D eigenvalue weighted by Gasteiger charge is 2.18. The van der Waals surface area contributed by atoms with Crippen LogP contribution >= 0.6 is 0 Å². The summed E-state index contributed by atoms with van der Waals surface area (Å²) >= 11 is 0. The normalized spacial score (nSPS) is 15.8. The minimum atomic E-state index is -0.460. The fourth-order valence-electron chi connectivity index (χ4n) is 2.87. The fourth-order valence-corrected chi connectivity index (χ4v) is 2.87. The van der Waals surface area contributed by atoms with Crippen LogP contribution in [0.2, 0.25) is 0 Å². The Morgan fingerprint density at radius 2 is 1.90 bits per heavy atom. The molecule has 20 heavy (non-hydrogen) atoms. The van der Waals surface area contributed by atoms with E-state index in [1.165, 1.54) is 11.1 Å². The van der Waals surface area contributed by atoms with Gasteiger partial charge >= 0.3 is 0 Å². The van der Waals surface area contributed by atoms with E-state index in [1.54, 1.807) is 6.92 Å². The largest absolute Gasteiger partial charge is 0.389 e. The summed E-state index contributed by atoms with van der Waals surface area (Å²) in [5.41, 5.74) is 4.65. The van der Waals surface area contributed by atoms with Gasteiger partial charge in [-0.05, 0) is 37.5 Å². The Hall–Kier alpha value is -1.87. The van der Waals surface area contributed by atoms with E-state index in [2.05, 4.69) is 34.1 Å². The summed E-state index contributed by atoms with van der Waals surface area (Å²) in [5.74, 6) is 1.00. The number of hydrogen-bond donors (Lipinski definition) is 1. The molecule has 1 N–H and O–H groups in total. The second-order valence-corrected chi connectivity index (χ2v) is 5.46. The SMILES string of the molecule is Cc1nc(N2CCc3ccccc3C2)ccc1[C@H](C)O. The zero-order valence-corrected chi connectivity index (χ0v) is 12.0. The summed E-state index contributed by atoms with van der Waals surface area (Å²) in [6, 6.07) is 12.6. The molecule has 2 heterocycles. The van der Waals surface area contributed by atoms with E-state index in [9.17, 15) is 5.11 Å². The van der Waals surface area contributed by atoms with E-state index in [1.807, 2.05) is 19.1 Å². The van der Waals surface area contributed by atoms with Crippen molar-refractivity contribution in [2.24, 2.45) is 0 Å². The van der Waals surface area contributed by atoms with Crippen LogP contribution < -0.4 is 4.90 Å². The van der Waals surface area contributed by atoms with Crippen molar-refractivity contribution in [3.05, 3.63) is 58.8 Å². The Labute approximate surface area is 119 Å². The van der Waals surface area contributed by atoms with Crippen LogP contribution in [0.5, 0.6) is 0 Å². The lowest BCUT2D eigenvalue weighted by Crippen LogP contribution is -2.31. The highest BCUT2D eigenvalue weighted by atomic mass is 16.3. The first-order valence-electron chi connectivity index (χ1n) is 7.12. The first kappa shape index (κ1) is 13.1. The number of nitrogens with zero attached hydrogens (tertiary/aromatic N) is 2. The molecule has 104 valence electrons. The maximum absolute atomic E-state index is 9.68. The second-order valence-electron chi connectivity index (χ2n) is 5.46. The lowest BCUT2D eigenvalue weighted by molar-refractivity contribution is 0.198. The molecule has 0 spiro atoms. The van der Waals surface area contributed by atoms with Crippen molar-refractivity contribution in [2.45, 2.75) is 32.9 Å². The number of benzene rings is 1. The Morgan fingerprint density at radius 3 is 2.60 bits per heavy atom. The van der Waals surface area contributed by atoms with E-state index in [0.29, 0.717) is 0 Å². The zero-order valence-electron chi connectivity index (χ0n) is 12.0. The molecule has 1 atom stereocenters. The molecule has 3 rings (SSSR count). The van der Waals surface area contributed by atoms with Crippen molar-refractivity contribution in [1.29, 1.82) is 0 Å². The minimum absolute atomic E-state index is 0.460. The number of rotatable bonds is 2. The average Bonchev–Trinajstić information content (AvgIpc) is 2.46. The van der Waals surface area contributed by atoms with E-state index in [0.717, 1.165) is 36.6 Å². The number of aliphatic hydroxyl groups is 1. The van der Waals surface area contributed by atoms with Crippen LogP contribution in [0.15, 0.2) is 36.4 Å². The topological polar surface area (TPSA) is 36.4 Å². The highest BCUT2D eigenvalue weighted by molar-refractivity contribution is 5.46. The van der Waals surface area contributed by atoms with Crippen molar-refractivity contribution in [3.63, 3.8) is 0 Å². The molecule has 3 nitrogen and oxygen atoms in total. The smallest absolute Gasteiger partial charge is 0.129 e. The van der Waals surface area contributed by atoms with Gasteiger partial charge in [-0.1, -0.05) is 30.3 Å². The molecule has 0 amide bonds. The van der Waals surface area contributed by atoms with E-state index in [-0.39, 0.29) is 0 Å². The molecule has 0 aliphatic carbocycles. The molecule has 0 saturated carbocycles. The quantitative estimate of drug-likeness (QED) is 0.909. The Balaban J connectivity index is 1.86. The number of pyridine rings is 1. The summed E-state index contributed by atoms with van der Waals surface area (Å²) in [4.78, 5) is 6.96. The van der Waals surface area contributed by atoms with Gasteiger partial charge in [0.1, 0.15) is 5.82 Å². The van der Waals surface area contributed by atoms with Gasteiger partial charge < -0.3 is 10.0 Å². The minimum Gasteiger partial charge on any atom is -0.389 e. The first-order valence-corrected chi connectivity index (χ1v) is 7.12. The third-order valence-corrected chi connectivity index (χ3v) is 4.02. The van der Waals surface area contributed by atoms with Crippen LogP contribution in [0, 0.1) is 6.92 Å². The standard InChI is InChI=1S/C17H20N2O/c1-12-16(13(2)20)7-8-17(18-12)19-10-9-14-5-3-4-6-15(14)11-19/h3-8,13,20H,9-11H2,1-2H3/t13-/m0/s1. The number of anilines is 1. The summed E-state index contributed by atoms with van der Waals surface area (Å²) in [6.45, 7) is 5.65. The van der Waals surface area contributed by atoms with Gasteiger partial charge in [0.25, 0.3) is 0 Å². The predicted molar refractivity (Wildman–Crippen MR) is 80.8 cm³/mol. The molecule has 1 aliphatic heterocycles. The predicted octanol–water partition coefficient (Wildman–Crippen LogP) is 3.01. The third-order valence-electron chi connectivity index (χ3n) is 4.02. The third kappa shape index (κ3) is 2.41. The number of aryl methyl sites for hydroxylation is 1. The number of fused-ring (bicyclic) bond motifs is 1. The first-order chi connectivity index (χ1) is 9.65. The van der Waals surface area contributed by atoms with Gasteiger partial charge in [0, 0.05) is 24.3 Å². The molecule has 0 fully saturated rings. The van der Waals surface area contributed by atoms with Crippen LogP contribution in [-0.2, 0) is 13.0 Å². The van der Waals surface area contributed by atoms with Crippen LogP contribution in [0.4, 0.5) is 5.82 Å². The van der Waals surface area contributed by atoms with Gasteiger partial charge in [0.15, 0.2) is 0 Å². The Kier molecular flexibility index (Phi) is 3.45. The van der Waals surface area contributed by atoms with Crippen LogP contribution in [-0.4, -0.2) is 16.6 Å². The second kappa shape index (κ2) is 5.25. The average molecular weight is 268 g/mol. The summed E-state index contributed by atoms with van der Waals surface area (Å²) < 4.78 is 0. The molecule has 3 heteroatoms. The maximum atomic E-state index is 9.68. The molecule has 0 unspecified atom stereocenters. The van der Waals surface area contributed by atoms with Crippen LogP contribution in [0.25, 0.3) is 0 Å². The van der Waals surface area contributed by atoms with Gasteiger partial charge in [0.05, 0.1) is 6.10 Å². The van der Waals surface area contributed by atoms with Crippen molar-refractivity contribution in [1.82, 2.24) is 4.98 Å². The molecular weight excluding hydrogens is 248 g/mol. The molecule has 2 aromatic rings. The van der Waals surface area contributed by atoms with Gasteiger partial charge in [-0.3, -0.25) is 0 Å². The Bertz CT molecular complexity index is 622. The molecule has 1 aromatic heterocycles. The maximum Gasteiger partial charge on any atom is 0.129 e. The van der Waals surface area contributed by atoms with E-state index in [4.69, 9.17) is 0 Å². The van der Waals surface area contributed by atoms with Gasteiger partial charge in [0.2, 0.25) is 0 Å². The molecule has 0 saturated heterocycles. The lowest BCUT2D eigenvalue weighted by atomic mass is 10.00. The van der Waals surface area contributed by atoms with Gasteiger partial charge in [-0.25, -0.2) is 4.98 Å². The van der Waals surface area contributed by atoms with E-state index < -0.39 is 6.10 Å². The zero-order chi connectivity index (χ0) is 14.1. The van der Waals surface area contributed by atoms with Crippen molar-refractivity contribution in [2.75, 3.05) is 11.4 Å². The van der Waals surface area contributed by atoms with Gasteiger partial charge in [-0.15, -0.1) is 0 Å². The monoisotopic (exact) mass is 268 g/mol. The molecule has 1 aliphatic rings. The molecule has 0 bridgehead atoms. The van der Waals surface area contributed by atoms with Crippen LogP contribution in [0.1, 0.15) is 35.4 Å². The fraction of sp³-hybridized carbons (Fsp3) is 0.353. The number of hydrogen-bond acceptors (Lipinski definition) is 3. The summed E-state index contributed by atoms with van der Waals surface area (Å²) in [5, 5.41) is 9.68. The molecule has 0 radical (unpaired) electrons. The Morgan fingerprint density at radius 1 is 1.15 bits per heavy atom. The highest BCUT2D eigenvalue weighted by Crippen LogP contribution is 2.25. The van der Waals surface area contributed by atoms with Crippen molar-refractivity contribution < 1.29 is 5.11 Å². The van der Waals surface area contributed by atoms with E-state index >= 15 is 0 Å². The van der Waals surface area contributed by atoms with Crippen LogP contribution in [0.3, 0.4) is 0 Å². The van der Waals surface area contributed by atoms with Gasteiger partial charge in [-0.2, -0.15) is 0 Å². The number of aromatic nitrogens is 1. The number of aliphatic hydroxyl groups excluding tert-OH is 1. The summed E-state index contributed by atoms with van der Waals surface area (Å²) in [7, 11) is 0. The molecular formula is C17H20N2O.